The van der Waals surface area contributed by atoms with Crippen molar-refractivity contribution >= 4 is 16.7 Å². The Labute approximate surface area is 160 Å². The molecule has 118 valence electrons. The predicted octanol–water partition coefficient (Wildman–Crippen LogP) is 0.578. The molecule has 23 heavy (non-hydrogen) atoms. The molecule has 0 atom stereocenters. The first-order valence-corrected chi connectivity index (χ1v) is 7.26. The van der Waals surface area contributed by atoms with Gasteiger partial charge in [0, 0.05) is 0 Å². The summed E-state index contributed by atoms with van der Waals surface area (Å²) < 4.78 is 16.4. The summed E-state index contributed by atoms with van der Waals surface area (Å²) in [5.74, 6) is -0.249. The van der Waals surface area contributed by atoms with E-state index in [0.717, 1.165) is 17.2 Å². The SMILES string of the molecule is CCC1(COC(=O)c2cccc3ccccc23)COC1.[3H]O[CH2-].[Na+]. The van der Waals surface area contributed by atoms with Crippen LogP contribution in [0.15, 0.2) is 42.5 Å². The van der Waals surface area contributed by atoms with Gasteiger partial charge >= 0.3 is 35.5 Å². The van der Waals surface area contributed by atoms with Crippen molar-refractivity contribution in [3.63, 3.8) is 0 Å². The minimum atomic E-state index is -0.249. The molecule has 0 saturated carbocycles. The molecule has 0 aliphatic carbocycles. The van der Waals surface area contributed by atoms with E-state index in [1.807, 2.05) is 42.5 Å². The van der Waals surface area contributed by atoms with Crippen LogP contribution in [0.4, 0.5) is 0 Å². The monoisotopic (exact) mass is 326 g/mol. The number of hydrogen-bond acceptors (Lipinski definition) is 4. The molecule has 0 aromatic heterocycles. The first-order chi connectivity index (χ1) is 11.2. The molecule has 2 aromatic carbocycles. The van der Waals surface area contributed by atoms with Crippen LogP contribution in [0.5, 0.6) is 0 Å². The minimum Gasteiger partial charge on any atom is -0.569 e. The molecule has 0 bridgehead atoms. The number of aliphatic hydroxyl groups is 1. The van der Waals surface area contributed by atoms with Gasteiger partial charge in [0.2, 0.25) is 0 Å². The number of ether oxygens (including phenoxy) is 2. The molecule has 1 saturated heterocycles. The molecular weight excluding hydrogens is 303 g/mol. The largest absolute Gasteiger partial charge is 1.00 e. The molecule has 4 nitrogen and oxygen atoms in total. The average molecular weight is 326 g/mol. The first-order valence-electron chi connectivity index (χ1n) is 7.66. The number of hydrogen-bond donors (Lipinski definition) is 1. The van der Waals surface area contributed by atoms with Crippen molar-refractivity contribution in [3.05, 3.63) is 55.1 Å². The summed E-state index contributed by atoms with van der Waals surface area (Å²) in [4.78, 5) is 12.3. The third-order valence-electron chi connectivity index (χ3n) is 4.09. The van der Waals surface area contributed by atoms with E-state index < -0.39 is 0 Å². The van der Waals surface area contributed by atoms with Crippen LogP contribution in [0.2, 0.25) is 0 Å². The summed E-state index contributed by atoms with van der Waals surface area (Å²) in [5.41, 5.74) is 0.662. The fourth-order valence-electron chi connectivity index (χ4n) is 2.48. The minimum absolute atomic E-state index is 0. The van der Waals surface area contributed by atoms with Gasteiger partial charge in [-0.15, -0.1) is 0 Å². The van der Waals surface area contributed by atoms with Crippen molar-refractivity contribution in [2.75, 3.05) is 19.8 Å². The Balaban J connectivity index is 0.000000671. The molecule has 1 fully saturated rings. The second-order valence-electron chi connectivity index (χ2n) is 5.45. The topological polar surface area (TPSA) is 55.8 Å². The van der Waals surface area contributed by atoms with Crippen LogP contribution in [0.25, 0.3) is 10.8 Å². The number of aliphatic hydroxyl groups excluding tert-OH is 1. The van der Waals surface area contributed by atoms with Crippen molar-refractivity contribution in [1.82, 2.24) is 0 Å². The number of rotatable bonds is 4. The summed E-state index contributed by atoms with van der Waals surface area (Å²) in [7, 11) is 2.65. The molecule has 0 radical (unpaired) electrons. The molecule has 0 amide bonds. The van der Waals surface area contributed by atoms with Gasteiger partial charge in [0.05, 0.1) is 24.2 Å². The van der Waals surface area contributed by atoms with E-state index in [2.05, 4.69) is 19.1 Å². The van der Waals surface area contributed by atoms with E-state index in [-0.39, 0.29) is 40.9 Å². The number of carbonyl (C=O) groups is 1. The van der Waals surface area contributed by atoms with Crippen LogP contribution < -0.4 is 29.6 Å². The standard InChI is InChI=1S/C17H18O3.CH3O.Na/c1-2-17(10-19-11-17)12-20-16(18)15-9-5-7-13-6-3-4-8-14(13)15;1-2;/h3-9H,2,10-12H2,1H3;2H,1H2;/q;-1;+1/i;2T;. The molecule has 5 heteroatoms. The van der Waals surface area contributed by atoms with Gasteiger partial charge in [-0.2, -0.15) is 0 Å². The number of fused-ring (bicyclic) bond motifs is 1. The van der Waals surface area contributed by atoms with Gasteiger partial charge in [0.1, 0.15) is 6.61 Å². The zero-order chi connectivity index (χ0) is 16.7. The number of carbonyl (C=O) groups excluding carboxylic acids is 1. The van der Waals surface area contributed by atoms with Crippen molar-refractivity contribution in [2.45, 2.75) is 13.3 Å². The fraction of sp³-hybridized carbons (Fsp3) is 0.333. The van der Waals surface area contributed by atoms with Crippen molar-refractivity contribution in [1.29, 1.82) is 0 Å². The molecule has 3 rings (SSSR count). The van der Waals surface area contributed by atoms with Crippen LogP contribution in [0.1, 0.15) is 25.1 Å². The Bertz CT molecular complexity index is 648. The van der Waals surface area contributed by atoms with E-state index in [1.54, 1.807) is 0 Å². The summed E-state index contributed by atoms with van der Waals surface area (Å²) in [6, 6.07) is 13.6. The zero-order valence-corrected chi connectivity index (χ0v) is 15.7. The Hall–Kier alpha value is -0.910. The number of esters is 1. The Kier molecular flexibility index (Phi) is 7.53. The quantitative estimate of drug-likeness (QED) is 0.507. The molecule has 1 heterocycles. The van der Waals surface area contributed by atoms with Gasteiger partial charge in [-0.1, -0.05) is 43.3 Å². The van der Waals surface area contributed by atoms with E-state index in [9.17, 15) is 4.79 Å². The molecular formula is C18H21NaO4. The third kappa shape index (κ3) is 4.55. The molecule has 0 unspecified atom stereocenters. The summed E-state index contributed by atoms with van der Waals surface area (Å²) in [6.45, 7) is 3.92. The number of benzene rings is 2. The fourth-order valence-corrected chi connectivity index (χ4v) is 2.48. The third-order valence-corrected chi connectivity index (χ3v) is 4.09. The Morgan fingerprint density at radius 3 is 2.61 bits per heavy atom. The molecule has 1 N–H and O–H groups in total. The van der Waals surface area contributed by atoms with Gasteiger partial charge in [0.25, 0.3) is 0 Å². The zero-order valence-electron chi connectivity index (χ0n) is 14.7. The predicted molar refractivity (Wildman–Crippen MR) is 85.1 cm³/mol. The maximum atomic E-state index is 12.3. The van der Waals surface area contributed by atoms with Crippen LogP contribution in [0, 0.1) is 12.5 Å². The molecule has 2 aromatic rings. The van der Waals surface area contributed by atoms with Crippen LogP contribution in [-0.4, -0.2) is 30.9 Å². The second kappa shape index (κ2) is 9.40. The van der Waals surface area contributed by atoms with Crippen LogP contribution >= 0.6 is 0 Å². The van der Waals surface area contributed by atoms with Gasteiger partial charge < -0.3 is 14.6 Å². The van der Waals surface area contributed by atoms with E-state index in [1.165, 1.54) is 0 Å². The Morgan fingerprint density at radius 2 is 2.00 bits per heavy atom. The van der Waals surface area contributed by atoms with Crippen LogP contribution in [0.3, 0.4) is 0 Å². The van der Waals surface area contributed by atoms with Crippen molar-refractivity contribution in [3.8, 4) is 0 Å². The van der Waals surface area contributed by atoms with Gasteiger partial charge in [-0.05, 0) is 23.3 Å². The van der Waals surface area contributed by atoms with Crippen LogP contribution in [-0.2, 0) is 9.47 Å². The molecule has 1 aliphatic rings. The van der Waals surface area contributed by atoms with E-state index in [0.29, 0.717) is 25.4 Å². The molecule has 0 spiro atoms. The maximum absolute atomic E-state index is 12.3. The van der Waals surface area contributed by atoms with Crippen molar-refractivity contribution in [2.24, 2.45) is 5.41 Å². The average Bonchev–Trinajstić information content (AvgIpc) is 2.54. The normalized spacial score (nSPS) is 15.3. The van der Waals surface area contributed by atoms with Crippen molar-refractivity contribution < 1.29 is 50.4 Å². The summed E-state index contributed by atoms with van der Waals surface area (Å²) >= 11 is 0. The van der Waals surface area contributed by atoms with Gasteiger partial charge in [-0.25, -0.2) is 11.9 Å². The second-order valence-corrected chi connectivity index (χ2v) is 5.45. The molecule has 1 aliphatic heterocycles. The smallest absolute Gasteiger partial charge is 0.569 e. The van der Waals surface area contributed by atoms with Gasteiger partial charge in [0.15, 0.2) is 1.43 Å². The van der Waals surface area contributed by atoms with E-state index in [4.69, 9.17) is 10.9 Å². The van der Waals surface area contributed by atoms with Gasteiger partial charge in [-0.3, -0.25) is 0 Å². The summed E-state index contributed by atoms with van der Waals surface area (Å²) in [5, 5.41) is 5.24. The maximum Gasteiger partial charge on any atom is 1.00 e. The summed E-state index contributed by atoms with van der Waals surface area (Å²) in [6.07, 6.45) is 0.968. The Morgan fingerprint density at radius 1 is 1.35 bits per heavy atom. The van der Waals surface area contributed by atoms with E-state index >= 15 is 0 Å². The first kappa shape index (κ1) is 18.4.